The Morgan fingerprint density at radius 2 is 1.80 bits per heavy atom. The molecule has 2 N–H and O–H groups in total. The van der Waals surface area contributed by atoms with E-state index in [9.17, 15) is 0 Å². The predicted octanol–water partition coefficient (Wildman–Crippen LogP) is 3.91. The van der Waals surface area contributed by atoms with Crippen molar-refractivity contribution in [2.75, 3.05) is 6.54 Å². The Hall–Kier alpha value is -1.67. The fourth-order valence-electron chi connectivity index (χ4n) is 2.53. The second-order valence-electron chi connectivity index (χ2n) is 5.70. The van der Waals surface area contributed by atoms with E-state index in [4.69, 9.17) is 5.73 Å². The molecule has 0 aliphatic heterocycles. The number of aromatic nitrogens is 1. The van der Waals surface area contributed by atoms with E-state index in [1.165, 1.54) is 11.1 Å². The first-order valence-electron chi connectivity index (χ1n) is 7.41. The Morgan fingerprint density at radius 3 is 2.35 bits per heavy atom. The molecule has 2 nitrogen and oxygen atoms in total. The van der Waals surface area contributed by atoms with E-state index in [0.29, 0.717) is 11.8 Å². The molecule has 2 heteroatoms. The number of nitrogens with zero attached hydrogens (tertiary/aromatic N) is 1. The van der Waals surface area contributed by atoms with Gasteiger partial charge in [0.15, 0.2) is 0 Å². The molecular formula is C18H24N2. The number of hydrogen-bond donors (Lipinski definition) is 1. The maximum atomic E-state index is 5.71. The van der Waals surface area contributed by atoms with Crippen molar-refractivity contribution < 1.29 is 0 Å². The van der Waals surface area contributed by atoms with Crippen molar-refractivity contribution in [3.05, 3.63) is 54.2 Å². The van der Waals surface area contributed by atoms with Gasteiger partial charge in [-0.3, -0.25) is 4.98 Å². The Kier molecular flexibility index (Phi) is 5.31. The van der Waals surface area contributed by atoms with Gasteiger partial charge in [-0.2, -0.15) is 0 Å². The van der Waals surface area contributed by atoms with E-state index in [1.807, 2.05) is 24.4 Å². The van der Waals surface area contributed by atoms with Crippen LogP contribution in [0.25, 0.3) is 11.3 Å². The fraction of sp³-hybridized carbons (Fsp3) is 0.389. The Morgan fingerprint density at radius 1 is 1.05 bits per heavy atom. The summed E-state index contributed by atoms with van der Waals surface area (Å²) in [5.74, 6) is 1.34. The lowest BCUT2D eigenvalue weighted by molar-refractivity contribution is 0.362. The van der Waals surface area contributed by atoms with Crippen molar-refractivity contribution in [2.24, 2.45) is 17.6 Å². The van der Waals surface area contributed by atoms with Gasteiger partial charge in [0.1, 0.15) is 0 Å². The lowest BCUT2D eigenvalue weighted by Gasteiger charge is -2.20. The van der Waals surface area contributed by atoms with Crippen LogP contribution in [-0.2, 0) is 6.42 Å². The van der Waals surface area contributed by atoms with Crippen molar-refractivity contribution in [1.29, 1.82) is 0 Å². The highest BCUT2D eigenvalue weighted by Crippen LogP contribution is 2.22. The zero-order chi connectivity index (χ0) is 14.4. The van der Waals surface area contributed by atoms with Gasteiger partial charge in [-0.25, -0.2) is 0 Å². The van der Waals surface area contributed by atoms with Crippen LogP contribution in [0, 0.1) is 11.8 Å². The summed E-state index contributed by atoms with van der Waals surface area (Å²) in [5, 5.41) is 0. The van der Waals surface area contributed by atoms with Crippen molar-refractivity contribution in [2.45, 2.75) is 26.7 Å². The van der Waals surface area contributed by atoms with Crippen molar-refractivity contribution in [1.82, 2.24) is 4.98 Å². The molecule has 1 aromatic carbocycles. The number of benzene rings is 1. The van der Waals surface area contributed by atoms with Crippen LogP contribution in [0.15, 0.2) is 48.7 Å². The summed E-state index contributed by atoms with van der Waals surface area (Å²) in [5.41, 5.74) is 9.30. The van der Waals surface area contributed by atoms with Crippen LogP contribution >= 0.6 is 0 Å². The van der Waals surface area contributed by atoms with E-state index < -0.39 is 0 Å². The molecule has 0 fully saturated rings. The first-order chi connectivity index (χ1) is 9.70. The molecule has 0 spiro atoms. The maximum Gasteiger partial charge on any atom is 0.0701 e. The predicted molar refractivity (Wildman–Crippen MR) is 85.4 cm³/mol. The van der Waals surface area contributed by atoms with E-state index in [0.717, 1.165) is 25.1 Å². The third-order valence-electron chi connectivity index (χ3n) is 3.89. The van der Waals surface area contributed by atoms with Gasteiger partial charge in [-0.15, -0.1) is 0 Å². The smallest absolute Gasteiger partial charge is 0.0701 e. The van der Waals surface area contributed by atoms with Crippen LogP contribution in [0.2, 0.25) is 0 Å². The Bertz CT molecular complexity index is 503. The minimum absolute atomic E-state index is 0.667. The molecule has 1 aromatic heterocycles. The Balaban J connectivity index is 2.08. The topological polar surface area (TPSA) is 38.9 Å². The third-order valence-corrected chi connectivity index (χ3v) is 3.89. The standard InChI is InChI=1S/C18H24N2/c1-14(2)17(10-11-19)13-15-6-8-16(9-7-15)18-5-3-4-12-20-18/h3-9,12,14,17H,10-11,13,19H2,1-2H3. The molecule has 0 radical (unpaired) electrons. The fourth-order valence-corrected chi connectivity index (χ4v) is 2.53. The van der Waals surface area contributed by atoms with Gasteiger partial charge in [0.05, 0.1) is 5.69 Å². The number of hydrogen-bond acceptors (Lipinski definition) is 2. The minimum atomic E-state index is 0.667. The Labute approximate surface area is 122 Å². The normalized spacial score (nSPS) is 12.6. The van der Waals surface area contributed by atoms with E-state index in [2.05, 4.69) is 43.1 Å². The monoisotopic (exact) mass is 268 g/mol. The molecular weight excluding hydrogens is 244 g/mol. The van der Waals surface area contributed by atoms with Crippen molar-refractivity contribution in [3.8, 4) is 11.3 Å². The highest BCUT2D eigenvalue weighted by molar-refractivity contribution is 5.58. The molecule has 2 rings (SSSR count). The van der Waals surface area contributed by atoms with Crippen molar-refractivity contribution in [3.63, 3.8) is 0 Å². The lowest BCUT2D eigenvalue weighted by atomic mass is 9.86. The highest BCUT2D eigenvalue weighted by Gasteiger charge is 2.13. The van der Waals surface area contributed by atoms with Crippen LogP contribution in [0.3, 0.4) is 0 Å². The molecule has 1 heterocycles. The number of nitrogens with two attached hydrogens (primary N) is 1. The van der Waals surface area contributed by atoms with Gasteiger partial charge in [0, 0.05) is 11.8 Å². The lowest BCUT2D eigenvalue weighted by Crippen LogP contribution is -2.16. The summed E-state index contributed by atoms with van der Waals surface area (Å²) < 4.78 is 0. The molecule has 0 aliphatic rings. The molecule has 0 saturated heterocycles. The maximum absolute atomic E-state index is 5.71. The van der Waals surface area contributed by atoms with E-state index >= 15 is 0 Å². The summed E-state index contributed by atoms with van der Waals surface area (Å²) >= 11 is 0. The molecule has 0 bridgehead atoms. The molecule has 1 atom stereocenters. The SMILES string of the molecule is CC(C)C(CCN)Cc1ccc(-c2ccccn2)cc1. The summed E-state index contributed by atoms with van der Waals surface area (Å²) in [7, 11) is 0. The summed E-state index contributed by atoms with van der Waals surface area (Å²) in [6, 6.07) is 14.8. The highest BCUT2D eigenvalue weighted by atomic mass is 14.7. The number of rotatable bonds is 6. The summed E-state index contributed by atoms with van der Waals surface area (Å²) in [6.07, 6.45) is 4.04. The molecule has 1 unspecified atom stereocenters. The van der Waals surface area contributed by atoms with E-state index in [-0.39, 0.29) is 0 Å². The first kappa shape index (κ1) is 14.7. The average molecular weight is 268 g/mol. The van der Waals surface area contributed by atoms with Gasteiger partial charge < -0.3 is 5.73 Å². The largest absolute Gasteiger partial charge is 0.330 e. The summed E-state index contributed by atoms with van der Waals surface area (Å²) in [4.78, 5) is 4.38. The number of pyridine rings is 1. The molecule has 106 valence electrons. The van der Waals surface area contributed by atoms with Gasteiger partial charge in [0.25, 0.3) is 0 Å². The average Bonchev–Trinajstić information content (AvgIpc) is 2.48. The minimum Gasteiger partial charge on any atom is -0.330 e. The molecule has 0 aliphatic carbocycles. The second kappa shape index (κ2) is 7.20. The zero-order valence-electron chi connectivity index (χ0n) is 12.4. The quantitative estimate of drug-likeness (QED) is 0.862. The molecule has 2 aromatic rings. The zero-order valence-corrected chi connectivity index (χ0v) is 12.4. The van der Waals surface area contributed by atoms with Crippen LogP contribution in [0.4, 0.5) is 0 Å². The van der Waals surface area contributed by atoms with E-state index in [1.54, 1.807) is 0 Å². The second-order valence-corrected chi connectivity index (χ2v) is 5.70. The summed E-state index contributed by atoms with van der Waals surface area (Å²) in [6.45, 7) is 5.33. The van der Waals surface area contributed by atoms with Gasteiger partial charge >= 0.3 is 0 Å². The van der Waals surface area contributed by atoms with Crippen molar-refractivity contribution >= 4 is 0 Å². The molecule has 0 saturated carbocycles. The molecule has 20 heavy (non-hydrogen) atoms. The van der Waals surface area contributed by atoms with Crippen LogP contribution in [0.1, 0.15) is 25.8 Å². The van der Waals surface area contributed by atoms with Gasteiger partial charge in [-0.05, 0) is 48.9 Å². The van der Waals surface area contributed by atoms with Crippen LogP contribution < -0.4 is 5.73 Å². The first-order valence-corrected chi connectivity index (χ1v) is 7.41. The molecule has 0 amide bonds. The van der Waals surface area contributed by atoms with Gasteiger partial charge in [0.2, 0.25) is 0 Å². The van der Waals surface area contributed by atoms with Crippen LogP contribution in [0.5, 0.6) is 0 Å². The third kappa shape index (κ3) is 3.91. The van der Waals surface area contributed by atoms with Gasteiger partial charge in [-0.1, -0.05) is 44.2 Å². The van der Waals surface area contributed by atoms with Crippen LogP contribution in [-0.4, -0.2) is 11.5 Å².